The summed E-state index contributed by atoms with van der Waals surface area (Å²) in [6, 6.07) is 21.6. The van der Waals surface area contributed by atoms with Gasteiger partial charge >= 0.3 is 0 Å². The van der Waals surface area contributed by atoms with Gasteiger partial charge in [0.15, 0.2) is 5.82 Å². The summed E-state index contributed by atoms with van der Waals surface area (Å²) in [5.41, 5.74) is 7.22. The van der Waals surface area contributed by atoms with Gasteiger partial charge in [0.1, 0.15) is 0 Å². The third-order valence-electron chi connectivity index (χ3n) is 13.4. The molecule has 7 rings (SSSR count). The topological polar surface area (TPSA) is 25.8 Å². The zero-order valence-corrected chi connectivity index (χ0v) is 27.5. The summed E-state index contributed by atoms with van der Waals surface area (Å²) in [4.78, 5) is 10.6. The highest BCUT2D eigenvalue weighted by Gasteiger charge is 2.60. The molecule has 0 amide bonds. The minimum atomic E-state index is 0.347. The van der Waals surface area contributed by atoms with E-state index in [9.17, 15) is 0 Å². The van der Waals surface area contributed by atoms with E-state index >= 15 is 0 Å². The van der Waals surface area contributed by atoms with Crippen LogP contribution in [0.3, 0.4) is 0 Å². The Kier molecular flexibility index (Phi) is 7.80. The fraction of sp³-hybridized carbons (Fsp3) is 0.610. The Labute approximate surface area is 261 Å². The second-order valence-electron chi connectivity index (χ2n) is 16.1. The lowest BCUT2D eigenvalue weighted by Crippen LogP contribution is -2.54. The number of hydrogen-bond acceptors (Lipinski definition) is 2. The first-order valence-corrected chi connectivity index (χ1v) is 17.8. The molecule has 0 N–H and O–H groups in total. The molecule has 8 atom stereocenters. The van der Waals surface area contributed by atoms with Crippen LogP contribution < -0.4 is 0 Å². The lowest BCUT2D eigenvalue weighted by atomic mass is 9.44. The van der Waals surface area contributed by atoms with Crippen molar-refractivity contribution in [2.75, 3.05) is 0 Å². The van der Waals surface area contributed by atoms with Gasteiger partial charge in [-0.25, -0.2) is 9.97 Å². The largest absolute Gasteiger partial charge is 0.233 e. The Balaban J connectivity index is 1.19. The van der Waals surface area contributed by atoms with E-state index in [1.54, 1.807) is 0 Å². The predicted molar refractivity (Wildman–Crippen MR) is 180 cm³/mol. The van der Waals surface area contributed by atoms with Gasteiger partial charge in [-0.2, -0.15) is 0 Å². The zero-order valence-electron chi connectivity index (χ0n) is 27.5. The van der Waals surface area contributed by atoms with E-state index in [1.807, 2.05) is 0 Å². The van der Waals surface area contributed by atoms with Crippen LogP contribution in [0.1, 0.15) is 104 Å². The number of aromatic nitrogens is 2. The van der Waals surface area contributed by atoms with Crippen molar-refractivity contribution in [3.63, 3.8) is 0 Å². The van der Waals surface area contributed by atoms with E-state index in [0.29, 0.717) is 10.8 Å². The highest BCUT2D eigenvalue weighted by Crippen LogP contribution is 2.68. The van der Waals surface area contributed by atoms with E-state index in [-0.39, 0.29) is 0 Å². The Bertz CT molecular complexity index is 1410. The van der Waals surface area contributed by atoms with Gasteiger partial charge in [0, 0.05) is 22.4 Å². The Hall–Kier alpha value is -2.48. The minimum Gasteiger partial charge on any atom is -0.233 e. The molecule has 2 aromatic carbocycles. The van der Waals surface area contributed by atoms with Crippen LogP contribution in [0, 0.1) is 52.3 Å². The maximum absolute atomic E-state index is 5.32. The quantitative estimate of drug-likeness (QED) is 0.280. The zero-order chi connectivity index (χ0) is 29.8. The van der Waals surface area contributed by atoms with Crippen LogP contribution in [0.25, 0.3) is 22.6 Å². The van der Waals surface area contributed by atoms with Gasteiger partial charge in [-0.3, -0.25) is 0 Å². The van der Waals surface area contributed by atoms with Crippen LogP contribution in [-0.4, -0.2) is 9.97 Å². The van der Waals surface area contributed by atoms with Gasteiger partial charge in [0.25, 0.3) is 0 Å². The monoisotopic (exact) mass is 574 g/mol. The third kappa shape index (κ3) is 5.09. The molecule has 0 bridgehead atoms. The molecular formula is C41H54N2. The van der Waals surface area contributed by atoms with Gasteiger partial charge in [0.05, 0.1) is 5.69 Å². The molecule has 2 heteroatoms. The van der Waals surface area contributed by atoms with Crippen molar-refractivity contribution in [2.24, 2.45) is 52.3 Å². The number of hydrogen-bond donors (Lipinski definition) is 0. The molecular weight excluding hydrogens is 520 g/mol. The fourth-order valence-electron chi connectivity index (χ4n) is 11.2. The highest BCUT2D eigenvalue weighted by molar-refractivity contribution is 5.68. The standard InChI is InChI=1S/C41H54N2/c1-27(2)13-12-14-28(3)34-21-22-35-32-20-19-31-25-37-33(26-41(31,5)36(32)23-24-40(34,35)4)38(29-15-8-6-9-16-29)43-39(42-37)30-17-10-7-11-18-30/h6-11,15-18,27-28,31-32,34-36H,12-14,19-26H2,1-5H3/t28-,31+,32-,34-,35+,36+,40-,41+/m1/s1. The molecule has 0 spiro atoms. The smallest absolute Gasteiger partial charge is 0.160 e. The van der Waals surface area contributed by atoms with E-state index in [1.165, 1.54) is 80.3 Å². The summed E-state index contributed by atoms with van der Waals surface area (Å²) in [6.45, 7) is 12.8. The van der Waals surface area contributed by atoms with Gasteiger partial charge in [-0.05, 0) is 104 Å². The Morgan fingerprint density at radius 3 is 2.16 bits per heavy atom. The van der Waals surface area contributed by atoms with Crippen molar-refractivity contribution in [3.8, 4) is 22.6 Å². The van der Waals surface area contributed by atoms with Gasteiger partial charge in [0.2, 0.25) is 0 Å². The molecule has 0 aliphatic heterocycles. The first-order valence-electron chi connectivity index (χ1n) is 17.8. The molecule has 3 fully saturated rings. The van der Waals surface area contributed by atoms with Crippen molar-refractivity contribution in [3.05, 3.63) is 71.9 Å². The Morgan fingerprint density at radius 2 is 1.44 bits per heavy atom. The molecule has 1 aromatic heterocycles. The number of nitrogens with zero attached hydrogens (tertiary/aromatic N) is 2. The maximum atomic E-state index is 5.32. The van der Waals surface area contributed by atoms with Crippen molar-refractivity contribution >= 4 is 0 Å². The summed E-state index contributed by atoms with van der Waals surface area (Å²) in [7, 11) is 0. The second-order valence-corrected chi connectivity index (χ2v) is 16.1. The number of rotatable bonds is 7. The summed E-state index contributed by atoms with van der Waals surface area (Å²) in [6.07, 6.45) is 15.2. The molecule has 3 saturated carbocycles. The summed E-state index contributed by atoms with van der Waals surface area (Å²) in [5.74, 6) is 6.94. The van der Waals surface area contributed by atoms with Crippen LogP contribution in [-0.2, 0) is 12.8 Å². The second kappa shape index (κ2) is 11.5. The first kappa shape index (κ1) is 29.2. The normalized spacial score (nSPS) is 33.8. The van der Waals surface area contributed by atoms with Crippen LogP contribution in [0.5, 0.6) is 0 Å². The Morgan fingerprint density at radius 1 is 0.744 bits per heavy atom. The molecule has 0 radical (unpaired) electrons. The molecule has 43 heavy (non-hydrogen) atoms. The average molecular weight is 575 g/mol. The van der Waals surface area contributed by atoms with Crippen LogP contribution in [0.15, 0.2) is 60.7 Å². The molecule has 0 saturated heterocycles. The molecule has 4 aliphatic carbocycles. The van der Waals surface area contributed by atoms with Crippen LogP contribution in [0.4, 0.5) is 0 Å². The van der Waals surface area contributed by atoms with E-state index in [0.717, 1.165) is 65.7 Å². The lowest BCUT2D eigenvalue weighted by molar-refractivity contribution is -0.103. The van der Waals surface area contributed by atoms with Crippen molar-refractivity contribution in [2.45, 2.75) is 105 Å². The minimum absolute atomic E-state index is 0.347. The first-order chi connectivity index (χ1) is 20.8. The molecule has 0 unspecified atom stereocenters. The summed E-state index contributed by atoms with van der Waals surface area (Å²) in [5, 5.41) is 0. The van der Waals surface area contributed by atoms with E-state index in [2.05, 4.69) is 95.3 Å². The van der Waals surface area contributed by atoms with Crippen molar-refractivity contribution in [1.82, 2.24) is 9.97 Å². The van der Waals surface area contributed by atoms with E-state index < -0.39 is 0 Å². The lowest BCUT2D eigenvalue weighted by Gasteiger charge is -2.60. The van der Waals surface area contributed by atoms with Crippen LogP contribution in [0.2, 0.25) is 0 Å². The highest BCUT2D eigenvalue weighted by atomic mass is 14.9. The average Bonchev–Trinajstić information content (AvgIpc) is 3.37. The number of benzene rings is 2. The van der Waals surface area contributed by atoms with Gasteiger partial charge < -0.3 is 0 Å². The number of fused-ring (bicyclic) bond motifs is 6. The SMILES string of the molecule is CC(C)CCC[C@@H](C)[C@H]1CC[C@H]2[C@H]3CC[C@H]4Cc5nc(-c6ccccc6)nc(-c6ccccc6)c5C[C@]4(C)[C@H]3CC[C@]12C. The van der Waals surface area contributed by atoms with Crippen molar-refractivity contribution < 1.29 is 0 Å². The third-order valence-corrected chi connectivity index (χ3v) is 13.4. The maximum Gasteiger partial charge on any atom is 0.160 e. The summed E-state index contributed by atoms with van der Waals surface area (Å²) < 4.78 is 0. The molecule has 3 aromatic rings. The van der Waals surface area contributed by atoms with Gasteiger partial charge in [-0.15, -0.1) is 0 Å². The molecule has 228 valence electrons. The molecule has 4 aliphatic rings. The van der Waals surface area contributed by atoms with Gasteiger partial charge in [-0.1, -0.05) is 115 Å². The van der Waals surface area contributed by atoms with Crippen molar-refractivity contribution in [1.29, 1.82) is 0 Å². The fourth-order valence-corrected chi connectivity index (χ4v) is 11.2. The predicted octanol–water partition coefficient (Wildman–Crippen LogP) is 10.8. The molecule has 2 nitrogen and oxygen atoms in total. The summed E-state index contributed by atoms with van der Waals surface area (Å²) >= 11 is 0. The molecule has 1 heterocycles. The van der Waals surface area contributed by atoms with Crippen LogP contribution >= 0.6 is 0 Å². The van der Waals surface area contributed by atoms with E-state index in [4.69, 9.17) is 9.97 Å².